The molecule has 1 N–H and O–H groups in total. The Bertz CT molecular complexity index is 1480. The van der Waals surface area contributed by atoms with Gasteiger partial charge < -0.3 is 9.64 Å². The molecule has 2 aliphatic heterocycles. The fourth-order valence-corrected chi connectivity index (χ4v) is 6.59. The van der Waals surface area contributed by atoms with Crippen LogP contribution in [0, 0.1) is 13.8 Å². The third-order valence-electron chi connectivity index (χ3n) is 7.61. The minimum Gasteiger partial charge on any atom is -0.471 e. The number of hydrogen-bond donors (Lipinski definition) is 1. The number of rotatable bonds is 4. The number of aromatic nitrogens is 2. The van der Waals surface area contributed by atoms with Gasteiger partial charge in [-0.1, -0.05) is 38.1 Å². The molecule has 3 aromatic rings. The topological polar surface area (TPSA) is 105 Å². The first kappa shape index (κ1) is 29.8. The molecular formula is C29H36ClN5O4S. The van der Waals surface area contributed by atoms with E-state index in [9.17, 15) is 13.2 Å². The minimum absolute atomic E-state index is 0. The number of nitrogens with zero attached hydrogens (tertiary/aromatic N) is 4. The summed E-state index contributed by atoms with van der Waals surface area (Å²) in [6, 6.07) is 14.2. The lowest BCUT2D eigenvalue weighted by atomic mass is 10.00. The van der Waals surface area contributed by atoms with Crippen molar-refractivity contribution in [3.63, 3.8) is 0 Å². The first-order valence-electron chi connectivity index (χ1n) is 13.5. The summed E-state index contributed by atoms with van der Waals surface area (Å²) in [4.78, 5) is 26.8. The third kappa shape index (κ3) is 6.09. The highest BCUT2D eigenvalue weighted by Gasteiger charge is 2.31. The van der Waals surface area contributed by atoms with Gasteiger partial charge >= 0.3 is 0 Å². The maximum Gasteiger partial charge on any atom is 0.264 e. The van der Waals surface area contributed by atoms with Crippen molar-refractivity contribution in [3.8, 4) is 17.1 Å². The lowest BCUT2D eigenvalue weighted by Gasteiger charge is -2.30. The largest absolute Gasteiger partial charge is 0.471 e. The van der Waals surface area contributed by atoms with Crippen molar-refractivity contribution in [2.24, 2.45) is 0 Å². The molecule has 1 fully saturated rings. The van der Waals surface area contributed by atoms with Gasteiger partial charge in [-0.3, -0.25) is 9.69 Å². The Labute approximate surface area is 242 Å². The van der Waals surface area contributed by atoms with Crippen molar-refractivity contribution in [1.82, 2.24) is 19.8 Å². The molecule has 2 aromatic carbocycles. The van der Waals surface area contributed by atoms with Crippen molar-refractivity contribution in [1.29, 1.82) is 0 Å². The van der Waals surface area contributed by atoms with Crippen LogP contribution in [-0.4, -0.2) is 72.4 Å². The highest BCUT2D eigenvalue weighted by atomic mass is 35.5. The highest BCUT2D eigenvalue weighted by Crippen LogP contribution is 2.30. The molecular weight excluding hydrogens is 550 g/mol. The average Bonchev–Trinajstić information content (AvgIpc) is 3.11. The first-order chi connectivity index (χ1) is 18.7. The average molecular weight is 586 g/mol. The van der Waals surface area contributed by atoms with Gasteiger partial charge in [0.2, 0.25) is 11.8 Å². The second kappa shape index (κ2) is 12.1. The Morgan fingerprint density at radius 1 is 1.00 bits per heavy atom. The smallest absolute Gasteiger partial charge is 0.264 e. The van der Waals surface area contributed by atoms with Gasteiger partial charge in [0, 0.05) is 42.9 Å². The number of amides is 1. The normalized spacial score (nSPS) is 18.8. The number of benzene rings is 2. The number of fused-ring (bicyclic) bond motifs is 6. The maximum absolute atomic E-state index is 13.6. The Hall–Kier alpha value is -3.21. The Kier molecular flexibility index (Phi) is 9.02. The van der Waals surface area contributed by atoms with E-state index in [1.54, 1.807) is 23.1 Å². The summed E-state index contributed by atoms with van der Waals surface area (Å²) in [6.07, 6.45) is 1.62. The quantitative estimate of drug-likeness (QED) is 0.473. The number of hydrogen-bond acceptors (Lipinski definition) is 7. The number of ether oxygens (including phenoxy) is 1. The fourth-order valence-electron chi connectivity index (χ4n) is 5.60. The van der Waals surface area contributed by atoms with Crippen molar-refractivity contribution >= 4 is 34.3 Å². The predicted molar refractivity (Wildman–Crippen MR) is 158 cm³/mol. The SMILES string of the molecule is CCC(CC)N1CCN2C[C@@H](C1)Oc1cc(-c3c(C)cccc3C)nc(n1)NS(=O)(=O)c1cccc(c1)C2=O.Cl. The van der Waals surface area contributed by atoms with Gasteiger partial charge in [-0.2, -0.15) is 4.98 Å². The lowest BCUT2D eigenvalue weighted by molar-refractivity contribution is 0.0686. The summed E-state index contributed by atoms with van der Waals surface area (Å²) in [7, 11) is -4.07. The Morgan fingerprint density at radius 2 is 1.70 bits per heavy atom. The zero-order chi connectivity index (χ0) is 27.7. The van der Waals surface area contributed by atoms with Crippen LogP contribution in [0.15, 0.2) is 53.4 Å². The molecule has 11 heteroatoms. The fraction of sp³-hybridized carbons (Fsp3) is 0.414. The van der Waals surface area contributed by atoms with Gasteiger partial charge in [0.05, 0.1) is 17.1 Å². The van der Waals surface area contributed by atoms with Gasteiger partial charge in [-0.15, -0.1) is 12.4 Å². The highest BCUT2D eigenvalue weighted by molar-refractivity contribution is 7.92. The Balaban J connectivity index is 0.00000370. The van der Waals surface area contributed by atoms with Gasteiger partial charge in [-0.25, -0.2) is 18.1 Å². The van der Waals surface area contributed by atoms with E-state index in [1.807, 2.05) is 32.0 Å². The molecule has 1 aromatic heterocycles. The molecule has 6 bridgehead atoms. The Morgan fingerprint density at radius 3 is 2.40 bits per heavy atom. The molecule has 214 valence electrons. The van der Waals surface area contributed by atoms with E-state index in [2.05, 4.69) is 33.4 Å². The van der Waals surface area contributed by atoms with Gasteiger partial charge in [-0.05, 0) is 56.0 Å². The van der Waals surface area contributed by atoms with Gasteiger partial charge in [0.25, 0.3) is 15.9 Å². The molecule has 0 radical (unpaired) electrons. The molecule has 5 rings (SSSR count). The van der Waals surface area contributed by atoms with Crippen LogP contribution in [0.5, 0.6) is 5.88 Å². The van der Waals surface area contributed by atoms with Gasteiger partial charge in [0.15, 0.2) is 0 Å². The maximum atomic E-state index is 13.6. The monoisotopic (exact) mass is 585 g/mol. The summed E-state index contributed by atoms with van der Waals surface area (Å²) in [5.74, 6) is -0.0427. The molecule has 1 atom stereocenters. The van der Waals surface area contributed by atoms with E-state index in [4.69, 9.17) is 4.74 Å². The van der Waals surface area contributed by atoms with E-state index in [1.165, 1.54) is 12.1 Å². The van der Waals surface area contributed by atoms with Crippen LogP contribution in [0.2, 0.25) is 0 Å². The lowest BCUT2D eigenvalue weighted by Crippen LogP contribution is -2.42. The van der Waals surface area contributed by atoms with Crippen molar-refractivity contribution in [3.05, 3.63) is 65.2 Å². The van der Waals surface area contributed by atoms with E-state index < -0.39 is 10.0 Å². The number of carbonyl (C=O) groups excluding carboxylic acids is 1. The van der Waals surface area contributed by atoms with Crippen LogP contribution in [0.25, 0.3) is 11.3 Å². The molecule has 0 saturated carbocycles. The van der Waals surface area contributed by atoms with E-state index in [0.29, 0.717) is 43.5 Å². The number of carbonyl (C=O) groups is 1. The van der Waals surface area contributed by atoms with Crippen LogP contribution in [0.4, 0.5) is 5.95 Å². The molecule has 9 nitrogen and oxygen atoms in total. The summed E-state index contributed by atoms with van der Waals surface area (Å²) >= 11 is 0. The van der Waals surface area contributed by atoms with Crippen molar-refractivity contribution < 1.29 is 17.9 Å². The molecule has 0 aliphatic carbocycles. The number of sulfonamides is 1. The zero-order valence-electron chi connectivity index (χ0n) is 23.3. The van der Waals surface area contributed by atoms with Crippen LogP contribution in [-0.2, 0) is 10.0 Å². The van der Waals surface area contributed by atoms with Crippen molar-refractivity contribution in [2.45, 2.75) is 57.6 Å². The second-order valence-corrected chi connectivity index (χ2v) is 12.0. The number of halogens is 1. The van der Waals surface area contributed by atoms with Crippen LogP contribution in [0.3, 0.4) is 0 Å². The van der Waals surface area contributed by atoms with E-state index in [0.717, 1.165) is 29.5 Å². The van der Waals surface area contributed by atoms with E-state index in [-0.39, 0.29) is 41.1 Å². The van der Waals surface area contributed by atoms with Crippen molar-refractivity contribution in [2.75, 3.05) is 30.9 Å². The number of nitrogens with one attached hydrogen (secondary N) is 1. The van der Waals surface area contributed by atoms with Crippen LogP contribution in [0.1, 0.15) is 48.2 Å². The summed E-state index contributed by atoms with van der Waals surface area (Å²) in [5.41, 5.74) is 3.79. The first-order valence-corrected chi connectivity index (χ1v) is 14.9. The van der Waals surface area contributed by atoms with Crippen LogP contribution < -0.4 is 9.46 Å². The second-order valence-electron chi connectivity index (χ2n) is 10.3. The molecule has 0 unspecified atom stereocenters. The van der Waals surface area contributed by atoms with Gasteiger partial charge in [0.1, 0.15) is 6.10 Å². The van der Waals surface area contributed by atoms with Crippen LogP contribution >= 0.6 is 12.4 Å². The molecule has 40 heavy (non-hydrogen) atoms. The summed E-state index contributed by atoms with van der Waals surface area (Å²) < 4.78 is 35.7. The standard InChI is InChI=1S/C29H35N5O4S.ClH/c1-5-22(6-2)33-13-14-34-18-23(17-33)38-26-16-25(27-19(3)9-7-10-20(27)4)30-29(31-26)32-39(36,37)24-12-8-11-21(15-24)28(34)35;/h7-12,15-16,22-23H,5-6,13-14,17-18H2,1-4H3,(H,30,31,32);1H/t23-;/m1./s1. The molecule has 1 amide bonds. The molecule has 3 heterocycles. The predicted octanol–water partition coefficient (Wildman–Crippen LogP) is 4.69. The zero-order valence-corrected chi connectivity index (χ0v) is 24.9. The number of anilines is 1. The molecule has 0 spiro atoms. The molecule has 2 aliphatic rings. The summed E-state index contributed by atoms with van der Waals surface area (Å²) in [5, 5.41) is 0. The third-order valence-corrected chi connectivity index (χ3v) is 8.94. The summed E-state index contributed by atoms with van der Waals surface area (Å²) in [6.45, 7) is 10.5. The molecule has 1 saturated heterocycles. The minimum atomic E-state index is -4.07. The van der Waals surface area contributed by atoms with E-state index >= 15 is 0 Å². The number of aryl methyl sites for hydroxylation is 2.